The minimum atomic E-state index is 0.260. The van der Waals surface area contributed by atoms with Crippen molar-refractivity contribution >= 4 is 0 Å². The maximum absolute atomic E-state index is 6.18. The van der Waals surface area contributed by atoms with E-state index in [1.807, 2.05) is 6.92 Å². The van der Waals surface area contributed by atoms with Crippen LogP contribution in [0.2, 0.25) is 0 Å². The first-order valence-corrected chi connectivity index (χ1v) is 9.27. The minimum absolute atomic E-state index is 0.260. The van der Waals surface area contributed by atoms with Crippen LogP contribution in [0, 0.1) is 18.8 Å². The molecule has 0 aliphatic carbocycles. The maximum Gasteiger partial charge on any atom is 0.232 e. The van der Waals surface area contributed by atoms with Gasteiger partial charge in [0.05, 0.1) is 12.0 Å². The summed E-state index contributed by atoms with van der Waals surface area (Å²) in [4.78, 5) is 7.09. The third-order valence-corrected chi connectivity index (χ3v) is 5.35. The van der Waals surface area contributed by atoms with Crippen molar-refractivity contribution in [3.63, 3.8) is 0 Å². The predicted molar refractivity (Wildman–Crippen MR) is 89.4 cm³/mol. The largest absolute Gasteiger partial charge is 0.377 e. The van der Waals surface area contributed by atoms with Crippen molar-refractivity contribution in [2.75, 3.05) is 26.2 Å². The lowest BCUT2D eigenvalue weighted by atomic mass is 9.80. The van der Waals surface area contributed by atoms with Crippen LogP contribution in [-0.2, 0) is 4.74 Å². The van der Waals surface area contributed by atoms with Crippen molar-refractivity contribution in [1.29, 1.82) is 0 Å². The number of ether oxygens (including phenoxy) is 1. The number of nitrogens with zero attached hydrogens (tertiary/aromatic N) is 3. The first kappa shape index (κ1) is 16.9. The van der Waals surface area contributed by atoms with Gasteiger partial charge < -0.3 is 14.2 Å². The molecule has 5 heteroatoms. The fraction of sp³-hybridized carbons (Fsp3) is 0.889. The van der Waals surface area contributed by atoms with E-state index < -0.39 is 0 Å². The van der Waals surface area contributed by atoms with Crippen molar-refractivity contribution in [1.82, 2.24) is 15.0 Å². The first-order chi connectivity index (χ1) is 11.1. The van der Waals surface area contributed by atoms with Crippen LogP contribution < -0.4 is 0 Å². The minimum Gasteiger partial charge on any atom is -0.377 e. The number of rotatable bonds is 5. The van der Waals surface area contributed by atoms with Gasteiger partial charge in [0.1, 0.15) is 0 Å². The number of hydrogen-bond acceptors (Lipinski definition) is 5. The number of aromatic nitrogens is 2. The normalized spacial score (nSPS) is 27.7. The molecule has 2 atom stereocenters. The van der Waals surface area contributed by atoms with E-state index in [1.54, 1.807) is 0 Å². The summed E-state index contributed by atoms with van der Waals surface area (Å²) in [5.74, 6) is 3.22. The Morgan fingerprint density at radius 1 is 1.22 bits per heavy atom. The van der Waals surface area contributed by atoms with Crippen molar-refractivity contribution in [2.24, 2.45) is 11.8 Å². The summed E-state index contributed by atoms with van der Waals surface area (Å²) in [6.45, 7) is 11.0. The number of aryl methyl sites for hydroxylation is 1. The van der Waals surface area contributed by atoms with E-state index in [0.29, 0.717) is 5.92 Å². The highest BCUT2D eigenvalue weighted by Crippen LogP contribution is 2.37. The van der Waals surface area contributed by atoms with E-state index in [2.05, 4.69) is 28.9 Å². The Morgan fingerprint density at radius 2 is 2.00 bits per heavy atom. The van der Waals surface area contributed by atoms with Crippen LogP contribution in [0.3, 0.4) is 0 Å². The highest BCUT2D eigenvalue weighted by molar-refractivity contribution is 5.01. The van der Waals surface area contributed by atoms with Gasteiger partial charge in [0.15, 0.2) is 5.82 Å². The standard InChI is InChI=1S/C18H31N3O2/c1-13(2)6-9-21-10-7-15(8-11-21)17-16(5-4-12-22-17)18-19-14(3)20-23-18/h13,15-17H,4-12H2,1-3H3/t16-,17+/m1/s1. The van der Waals surface area contributed by atoms with E-state index in [9.17, 15) is 0 Å². The molecule has 130 valence electrons. The Bertz CT molecular complexity index is 480. The molecular weight excluding hydrogens is 290 g/mol. The molecule has 5 nitrogen and oxygen atoms in total. The van der Waals surface area contributed by atoms with Gasteiger partial charge >= 0.3 is 0 Å². The molecule has 1 aromatic rings. The van der Waals surface area contributed by atoms with Gasteiger partial charge in [0, 0.05) is 6.61 Å². The molecule has 0 saturated carbocycles. The fourth-order valence-electron chi connectivity index (χ4n) is 3.94. The number of piperidine rings is 1. The summed E-state index contributed by atoms with van der Waals surface area (Å²) >= 11 is 0. The molecule has 3 heterocycles. The highest BCUT2D eigenvalue weighted by Gasteiger charge is 2.38. The van der Waals surface area contributed by atoms with Crippen LogP contribution >= 0.6 is 0 Å². The molecule has 0 N–H and O–H groups in total. The summed E-state index contributed by atoms with van der Waals surface area (Å²) < 4.78 is 11.6. The van der Waals surface area contributed by atoms with Gasteiger partial charge in [0.25, 0.3) is 0 Å². The van der Waals surface area contributed by atoms with Crippen LogP contribution in [0.4, 0.5) is 0 Å². The molecule has 2 fully saturated rings. The van der Waals surface area contributed by atoms with Crippen molar-refractivity contribution in [3.05, 3.63) is 11.7 Å². The highest BCUT2D eigenvalue weighted by atomic mass is 16.5. The Hall–Kier alpha value is -0.940. The van der Waals surface area contributed by atoms with Crippen LogP contribution in [0.1, 0.15) is 63.6 Å². The average molecular weight is 321 g/mol. The number of likely N-dealkylation sites (tertiary alicyclic amines) is 1. The molecule has 0 aromatic carbocycles. The second-order valence-electron chi connectivity index (χ2n) is 7.63. The molecule has 0 radical (unpaired) electrons. The third kappa shape index (κ3) is 4.32. The average Bonchev–Trinajstić information content (AvgIpc) is 3.00. The van der Waals surface area contributed by atoms with Gasteiger partial charge in [-0.25, -0.2) is 0 Å². The van der Waals surface area contributed by atoms with E-state index in [0.717, 1.165) is 37.1 Å². The topological polar surface area (TPSA) is 51.4 Å². The van der Waals surface area contributed by atoms with E-state index in [4.69, 9.17) is 9.26 Å². The van der Waals surface area contributed by atoms with E-state index in [1.165, 1.54) is 38.9 Å². The second-order valence-corrected chi connectivity index (χ2v) is 7.63. The molecule has 0 bridgehead atoms. The monoisotopic (exact) mass is 321 g/mol. The third-order valence-electron chi connectivity index (χ3n) is 5.35. The Kier molecular flexibility index (Phi) is 5.70. The molecule has 2 saturated heterocycles. The zero-order chi connectivity index (χ0) is 16.2. The van der Waals surface area contributed by atoms with Crippen molar-refractivity contribution in [2.45, 2.75) is 64.9 Å². The molecule has 3 rings (SSSR count). The predicted octanol–water partition coefficient (Wildman–Crippen LogP) is 3.40. The molecule has 1 aromatic heterocycles. The van der Waals surface area contributed by atoms with Crippen molar-refractivity contribution in [3.8, 4) is 0 Å². The van der Waals surface area contributed by atoms with Gasteiger partial charge in [-0.2, -0.15) is 4.98 Å². The maximum atomic E-state index is 6.18. The smallest absolute Gasteiger partial charge is 0.232 e. The quantitative estimate of drug-likeness (QED) is 0.832. The SMILES string of the molecule is Cc1noc([C@@H]2CCCO[C@H]2C2CCN(CCC(C)C)CC2)n1. The van der Waals surface area contributed by atoms with Crippen LogP contribution in [-0.4, -0.2) is 47.4 Å². The molecular formula is C18H31N3O2. The molecule has 23 heavy (non-hydrogen) atoms. The van der Waals surface area contributed by atoms with Crippen molar-refractivity contribution < 1.29 is 9.26 Å². The van der Waals surface area contributed by atoms with Gasteiger partial charge in [-0.3, -0.25) is 0 Å². The second kappa shape index (κ2) is 7.75. The summed E-state index contributed by atoms with van der Waals surface area (Å²) in [5, 5.41) is 3.97. The van der Waals surface area contributed by atoms with Gasteiger partial charge in [-0.05, 0) is 70.5 Å². The van der Waals surface area contributed by atoms with Crippen LogP contribution in [0.25, 0.3) is 0 Å². The lowest BCUT2D eigenvalue weighted by molar-refractivity contribution is -0.0581. The summed E-state index contributed by atoms with van der Waals surface area (Å²) in [6, 6.07) is 0. The first-order valence-electron chi connectivity index (χ1n) is 9.27. The van der Waals surface area contributed by atoms with E-state index >= 15 is 0 Å². The lowest BCUT2D eigenvalue weighted by Gasteiger charge is -2.40. The van der Waals surface area contributed by atoms with Gasteiger partial charge in [-0.1, -0.05) is 19.0 Å². The molecule has 0 unspecified atom stereocenters. The number of hydrogen-bond donors (Lipinski definition) is 0. The van der Waals surface area contributed by atoms with Gasteiger partial charge in [0.2, 0.25) is 5.89 Å². The fourth-order valence-corrected chi connectivity index (χ4v) is 3.94. The molecule has 2 aliphatic heterocycles. The van der Waals surface area contributed by atoms with Gasteiger partial charge in [-0.15, -0.1) is 0 Å². The van der Waals surface area contributed by atoms with E-state index in [-0.39, 0.29) is 12.0 Å². The summed E-state index contributed by atoms with van der Waals surface area (Å²) in [7, 11) is 0. The summed E-state index contributed by atoms with van der Waals surface area (Å²) in [5.41, 5.74) is 0. The Morgan fingerprint density at radius 3 is 2.65 bits per heavy atom. The summed E-state index contributed by atoms with van der Waals surface area (Å²) in [6.07, 6.45) is 6.22. The van der Waals surface area contributed by atoms with Crippen LogP contribution in [0.5, 0.6) is 0 Å². The lowest BCUT2D eigenvalue weighted by Crippen LogP contribution is -2.42. The Labute approximate surface area is 139 Å². The Balaban J connectivity index is 1.57. The zero-order valence-electron chi connectivity index (χ0n) is 14.8. The van der Waals surface area contributed by atoms with Crippen LogP contribution in [0.15, 0.2) is 4.52 Å². The zero-order valence-corrected chi connectivity index (χ0v) is 14.8. The molecule has 0 amide bonds. The molecule has 2 aliphatic rings. The molecule has 0 spiro atoms.